The van der Waals surface area contributed by atoms with Gasteiger partial charge in [0.05, 0.1) is 16.6 Å². The second-order valence-corrected chi connectivity index (χ2v) is 6.94. The number of halogens is 2. The van der Waals surface area contributed by atoms with Gasteiger partial charge in [-0.1, -0.05) is 19.1 Å². The average molecular weight is 364 g/mol. The summed E-state index contributed by atoms with van der Waals surface area (Å²) in [6.45, 7) is 4.62. The molecule has 3 rings (SSSR count). The maximum absolute atomic E-state index is 13.4. The molecule has 1 aliphatic heterocycles. The van der Waals surface area contributed by atoms with Crippen molar-refractivity contribution in [2.45, 2.75) is 38.3 Å². The van der Waals surface area contributed by atoms with Crippen molar-refractivity contribution < 1.29 is 18.7 Å². The predicted molar refractivity (Wildman–Crippen MR) is 92.6 cm³/mol. The summed E-state index contributed by atoms with van der Waals surface area (Å²) in [6, 6.07) is 2.92. The summed E-state index contributed by atoms with van der Waals surface area (Å²) in [5.41, 5.74) is 0.0421. The van der Waals surface area contributed by atoms with Gasteiger partial charge in [0, 0.05) is 30.1 Å². The number of hydrogen-bond donors (Lipinski definition) is 3. The molecule has 6 nitrogen and oxygen atoms in total. The highest BCUT2D eigenvalue weighted by molar-refractivity contribution is 5.85. The van der Waals surface area contributed by atoms with Gasteiger partial charge >= 0.3 is 0 Å². The third kappa shape index (κ3) is 3.39. The highest BCUT2D eigenvalue weighted by Gasteiger charge is 2.40. The third-order valence-corrected chi connectivity index (χ3v) is 4.77. The van der Waals surface area contributed by atoms with Gasteiger partial charge in [-0.05, 0) is 25.8 Å². The largest absolute Gasteiger partial charge is 0.384 e. The van der Waals surface area contributed by atoms with Crippen LogP contribution in [0.3, 0.4) is 0 Å². The highest BCUT2D eigenvalue weighted by Crippen LogP contribution is 2.37. The Kier molecular flexibility index (Phi) is 5.15. The minimum absolute atomic E-state index is 0.129. The third-order valence-electron chi connectivity index (χ3n) is 4.77. The van der Waals surface area contributed by atoms with E-state index >= 15 is 0 Å². The van der Waals surface area contributed by atoms with Gasteiger partial charge in [0.15, 0.2) is 0 Å². The maximum Gasteiger partial charge on any atom is 0.266 e. The molecule has 1 amide bonds. The number of aliphatic hydroxyl groups excluding tert-OH is 1. The van der Waals surface area contributed by atoms with Crippen molar-refractivity contribution in [1.29, 1.82) is 0 Å². The van der Waals surface area contributed by atoms with E-state index in [9.17, 15) is 18.7 Å². The van der Waals surface area contributed by atoms with Crippen LogP contribution in [0.5, 0.6) is 0 Å². The first-order valence-corrected chi connectivity index (χ1v) is 8.57. The molecule has 0 saturated carbocycles. The minimum atomic E-state index is -2.67. The summed E-state index contributed by atoms with van der Waals surface area (Å²) in [4.78, 5) is 20.6. The fourth-order valence-electron chi connectivity index (χ4n) is 3.62. The van der Waals surface area contributed by atoms with E-state index in [1.54, 1.807) is 6.07 Å². The molecule has 0 bridgehead atoms. The molecule has 1 saturated heterocycles. The summed E-state index contributed by atoms with van der Waals surface area (Å²) < 4.78 is 26.7. The van der Waals surface area contributed by atoms with Gasteiger partial charge < -0.3 is 15.7 Å². The number of alkyl halides is 2. The lowest BCUT2D eigenvalue weighted by Gasteiger charge is -2.42. The number of amides is 1. The first-order valence-electron chi connectivity index (χ1n) is 8.57. The Morgan fingerprint density at radius 2 is 2.04 bits per heavy atom. The normalized spacial score (nSPS) is 24.6. The average Bonchev–Trinajstić information content (AvgIpc) is 2.60. The number of aromatic nitrogens is 2. The summed E-state index contributed by atoms with van der Waals surface area (Å²) in [6.07, 6.45) is -0.430. The summed E-state index contributed by atoms with van der Waals surface area (Å²) in [7, 11) is 0. The quantitative estimate of drug-likeness (QED) is 0.771. The topological polar surface area (TPSA) is 87.1 Å². The summed E-state index contributed by atoms with van der Waals surface area (Å²) in [5.74, 6) is -0.282. The molecule has 1 unspecified atom stereocenters. The molecular formula is C18H22F2N4O2. The lowest BCUT2D eigenvalue weighted by Crippen LogP contribution is -2.58. The Hall–Kier alpha value is -2.19. The second kappa shape index (κ2) is 7.20. The van der Waals surface area contributed by atoms with Gasteiger partial charge in [-0.15, -0.1) is 0 Å². The zero-order valence-electron chi connectivity index (χ0n) is 14.7. The van der Waals surface area contributed by atoms with Gasteiger partial charge in [0.2, 0.25) is 5.91 Å². The molecule has 3 N–H and O–H groups in total. The van der Waals surface area contributed by atoms with Gasteiger partial charge in [-0.3, -0.25) is 14.8 Å². The standard InChI is InChI=1S/C18H22F2N4O2/c1-10-7-18(9-21-8-10,24-17(26)11(2)25)13-4-3-12(16(19)20)14-15(13)23-6-5-22-14/h3-6,10-11,16,21,25H,7-9H2,1-2H3,(H,24,26)/t10-,11?,18-/m0/s1. The molecule has 1 fully saturated rings. The van der Waals surface area contributed by atoms with E-state index in [4.69, 9.17) is 0 Å². The lowest BCUT2D eigenvalue weighted by molar-refractivity contribution is -0.131. The summed E-state index contributed by atoms with van der Waals surface area (Å²) in [5, 5.41) is 15.8. The van der Waals surface area contributed by atoms with Crippen LogP contribution in [0.1, 0.15) is 37.8 Å². The van der Waals surface area contributed by atoms with Crippen LogP contribution in [0, 0.1) is 5.92 Å². The van der Waals surface area contributed by atoms with Crippen LogP contribution < -0.4 is 10.6 Å². The number of piperidine rings is 1. The van der Waals surface area contributed by atoms with Crippen molar-refractivity contribution in [2.75, 3.05) is 13.1 Å². The predicted octanol–water partition coefficient (Wildman–Crippen LogP) is 1.89. The molecule has 2 heterocycles. The van der Waals surface area contributed by atoms with Crippen LogP contribution in [0.2, 0.25) is 0 Å². The molecule has 0 aliphatic carbocycles. The number of fused-ring (bicyclic) bond motifs is 1. The van der Waals surface area contributed by atoms with Gasteiger partial charge in [0.1, 0.15) is 6.10 Å². The van der Waals surface area contributed by atoms with E-state index < -0.39 is 24.0 Å². The van der Waals surface area contributed by atoms with E-state index in [1.807, 2.05) is 6.92 Å². The molecule has 140 valence electrons. The van der Waals surface area contributed by atoms with Crippen LogP contribution >= 0.6 is 0 Å². The molecule has 1 aromatic heterocycles. The van der Waals surface area contributed by atoms with E-state index in [1.165, 1.54) is 25.4 Å². The van der Waals surface area contributed by atoms with Gasteiger partial charge in [0.25, 0.3) is 6.43 Å². The Labute approximate surface area is 150 Å². The number of rotatable bonds is 4. The van der Waals surface area contributed by atoms with E-state index in [0.717, 1.165) is 6.54 Å². The first-order chi connectivity index (χ1) is 12.3. The zero-order chi connectivity index (χ0) is 18.9. The summed E-state index contributed by atoms with van der Waals surface area (Å²) >= 11 is 0. The molecular weight excluding hydrogens is 342 g/mol. The Morgan fingerprint density at radius 1 is 1.35 bits per heavy atom. The van der Waals surface area contributed by atoms with Crippen LogP contribution in [0.15, 0.2) is 24.5 Å². The van der Waals surface area contributed by atoms with Crippen molar-refractivity contribution in [3.8, 4) is 0 Å². The van der Waals surface area contributed by atoms with Gasteiger partial charge in [-0.25, -0.2) is 8.78 Å². The highest BCUT2D eigenvalue weighted by atomic mass is 19.3. The lowest BCUT2D eigenvalue weighted by atomic mass is 9.78. The minimum Gasteiger partial charge on any atom is -0.384 e. The zero-order valence-corrected chi connectivity index (χ0v) is 14.7. The molecule has 2 aromatic rings. The molecule has 1 aliphatic rings. The fourth-order valence-corrected chi connectivity index (χ4v) is 3.62. The van der Waals surface area contributed by atoms with Crippen molar-refractivity contribution in [3.05, 3.63) is 35.7 Å². The Bertz CT molecular complexity index is 815. The van der Waals surface area contributed by atoms with Crippen molar-refractivity contribution in [1.82, 2.24) is 20.6 Å². The van der Waals surface area contributed by atoms with Crippen LogP contribution in [-0.4, -0.2) is 40.2 Å². The number of carbonyl (C=O) groups is 1. The fraction of sp³-hybridized carbons (Fsp3) is 0.500. The van der Waals surface area contributed by atoms with Crippen LogP contribution in [0.4, 0.5) is 8.78 Å². The molecule has 8 heteroatoms. The maximum atomic E-state index is 13.4. The van der Waals surface area contributed by atoms with E-state index in [0.29, 0.717) is 24.0 Å². The van der Waals surface area contributed by atoms with E-state index in [-0.39, 0.29) is 17.0 Å². The SMILES string of the molecule is CC(O)C(=O)N[C@]1(c2ccc(C(F)F)c3nccnc23)CNC[C@@H](C)C1. The Morgan fingerprint density at radius 3 is 2.65 bits per heavy atom. The van der Waals surface area contributed by atoms with E-state index in [2.05, 4.69) is 20.6 Å². The number of nitrogens with one attached hydrogen (secondary N) is 2. The number of nitrogens with zero attached hydrogens (tertiary/aromatic N) is 2. The molecule has 0 spiro atoms. The first kappa shape index (κ1) is 18.6. The molecule has 0 radical (unpaired) electrons. The molecule has 26 heavy (non-hydrogen) atoms. The van der Waals surface area contributed by atoms with Crippen molar-refractivity contribution in [3.63, 3.8) is 0 Å². The second-order valence-electron chi connectivity index (χ2n) is 6.94. The molecule has 3 atom stereocenters. The van der Waals surface area contributed by atoms with Crippen molar-refractivity contribution in [2.24, 2.45) is 5.92 Å². The van der Waals surface area contributed by atoms with Crippen LogP contribution in [-0.2, 0) is 10.3 Å². The Balaban J connectivity index is 2.18. The van der Waals surface area contributed by atoms with Gasteiger partial charge in [-0.2, -0.15) is 0 Å². The van der Waals surface area contributed by atoms with Crippen LogP contribution in [0.25, 0.3) is 11.0 Å². The number of carbonyl (C=O) groups excluding carboxylic acids is 1. The number of aliphatic hydroxyl groups is 1. The number of benzene rings is 1. The number of hydrogen-bond acceptors (Lipinski definition) is 5. The monoisotopic (exact) mass is 364 g/mol. The van der Waals surface area contributed by atoms with Crippen molar-refractivity contribution >= 4 is 16.9 Å². The smallest absolute Gasteiger partial charge is 0.266 e. The molecule has 1 aromatic carbocycles.